The van der Waals surface area contributed by atoms with Crippen LogP contribution in [0.25, 0.3) is 0 Å². The fourth-order valence-electron chi connectivity index (χ4n) is 1.31. The van der Waals surface area contributed by atoms with E-state index < -0.39 is 0 Å². The number of nitrogens with one attached hydrogen (secondary N) is 1. The van der Waals surface area contributed by atoms with E-state index in [1.807, 2.05) is 18.2 Å². The van der Waals surface area contributed by atoms with E-state index in [1.54, 1.807) is 6.92 Å². The van der Waals surface area contributed by atoms with Gasteiger partial charge in [0.15, 0.2) is 0 Å². The van der Waals surface area contributed by atoms with Gasteiger partial charge >= 0.3 is 0 Å². The molecule has 1 aliphatic carbocycles. The average molecular weight is 251 g/mol. The Balaban J connectivity index is 2.21. The molecular weight excluding hydrogens is 234 g/mol. The van der Waals surface area contributed by atoms with E-state index >= 15 is 0 Å². The molecule has 0 spiro atoms. The SMILES string of the molecule is C=C(C)C(=O)NCCSC(=O)C1=CCCC=C1. The second-order valence-electron chi connectivity index (χ2n) is 3.81. The van der Waals surface area contributed by atoms with Gasteiger partial charge in [0.2, 0.25) is 11.0 Å². The highest BCUT2D eigenvalue weighted by Gasteiger charge is 2.09. The van der Waals surface area contributed by atoms with Gasteiger partial charge < -0.3 is 5.32 Å². The third-order valence-electron chi connectivity index (χ3n) is 2.24. The standard InChI is InChI=1S/C13H17NO2S/c1-10(2)12(15)14-8-9-17-13(16)11-6-4-3-5-7-11/h4,6-7H,1,3,5,8-9H2,2H3,(H,14,15). The molecule has 0 saturated carbocycles. The van der Waals surface area contributed by atoms with Gasteiger partial charge in [-0.1, -0.05) is 36.6 Å². The molecule has 17 heavy (non-hydrogen) atoms. The summed E-state index contributed by atoms with van der Waals surface area (Å²) in [5.41, 5.74) is 1.26. The zero-order valence-corrected chi connectivity index (χ0v) is 10.8. The number of carbonyl (C=O) groups is 2. The molecule has 0 radical (unpaired) electrons. The molecule has 0 saturated heterocycles. The molecule has 4 heteroatoms. The van der Waals surface area contributed by atoms with Gasteiger partial charge in [-0.15, -0.1) is 0 Å². The molecule has 0 atom stereocenters. The van der Waals surface area contributed by atoms with Crippen LogP contribution in [-0.4, -0.2) is 23.3 Å². The monoisotopic (exact) mass is 251 g/mol. The van der Waals surface area contributed by atoms with Crippen LogP contribution >= 0.6 is 11.8 Å². The minimum absolute atomic E-state index is 0.0746. The second-order valence-corrected chi connectivity index (χ2v) is 4.88. The summed E-state index contributed by atoms with van der Waals surface area (Å²) in [7, 11) is 0. The van der Waals surface area contributed by atoms with Gasteiger partial charge in [0.25, 0.3) is 0 Å². The molecule has 1 N–H and O–H groups in total. The van der Waals surface area contributed by atoms with Crippen LogP contribution in [0.15, 0.2) is 36.0 Å². The number of amides is 1. The average Bonchev–Trinajstić information content (AvgIpc) is 2.35. The molecule has 0 aliphatic heterocycles. The summed E-state index contributed by atoms with van der Waals surface area (Å²) >= 11 is 1.23. The summed E-state index contributed by atoms with van der Waals surface area (Å²) in [4.78, 5) is 22.9. The van der Waals surface area contributed by atoms with Gasteiger partial charge in [-0.25, -0.2) is 0 Å². The minimum atomic E-state index is -0.158. The van der Waals surface area contributed by atoms with E-state index in [0.29, 0.717) is 17.9 Å². The van der Waals surface area contributed by atoms with Crippen LogP contribution in [0.5, 0.6) is 0 Å². The van der Waals surface area contributed by atoms with Crippen LogP contribution < -0.4 is 5.32 Å². The van der Waals surface area contributed by atoms with E-state index in [0.717, 1.165) is 18.4 Å². The van der Waals surface area contributed by atoms with Crippen LogP contribution in [0.3, 0.4) is 0 Å². The van der Waals surface area contributed by atoms with Gasteiger partial charge in [0.1, 0.15) is 0 Å². The van der Waals surface area contributed by atoms with E-state index in [1.165, 1.54) is 11.8 Å². The first-order chi connectivity index (χ1) is 8.11. The van der Waals surface area contributed by atoms with Crippen molar-refractivity contribution in [2.24, 2.45) is 0 Å². The molecule has 1 rings (SSSR count). The Hall–Kier alpha value is -1.29. The maximum absolute atomic E-state index is 11.7. The maximum atomic E-state index is 11.7. The normalized spacial score (nSPS) is 14.1. The Morgan fingerprint density at radius 1 is 1.47 bits per heavy atom. The van der Waals surface area contributed by atoms with Gasteiger partial charge in [-0.05, 0) is 19.8 Å². The number of hydrogen-bond donors (Lipinski definition) is 1. The fourth-order valence-corrected chi connectivity index (χ4v) is 2.01. The van der Waals surface area contributed by atoms with Crippen molar-refractivity contribution in [1.82, 2.24) is 5.32 Å². The third-order valence-corrected chi connectivity index (χ3v) is 3.15. The number of carbonyl (C=O) groups excluding carboxylic acids is 2. The van der Waals surface area contributed by atoms with E-state index in [9.17, 15) is 9.59 Å². The summed E-state index contributed by atoms with van der Waals surface area (Å²) in [6, 6.07) is 0. The molecule has 0 aromatic heterocycles. The summed E-state index contributed by atoms with van der Waals surface area (Å²) in [5, 5.41) is 2.77. The number of rotatable bonds is 5. The quantitative estimate of drug-likeness (QED) is 0.602. The molecule has 0 unspecified atom stereocenters. The van der Waals surface area contributed by atoms with Crippen molar-refractivity contribution in [3.8, 4) is 0 Å². The lowest BCUT2D eigenvalue weighted by molar-refractivity contribution is -0.117. The topological polar surface area (TPSA) is 46.2 Å². The minimum Gasteiger partial charge on any atom is -0.352 e. The van der Waals surface area contributed by atoms with E-state index in [2.05, 4.69) is 11.9 Å². The molecule has 1 amide bonds. The highest BCUT2D eigenvalue weighted by molar-refractivity contribution is 8.14. The largest absolute Gasteiger partial charge is 0.352 e. The van der Waals surface area contributed by atoms with Crippen LogP contribution in [0.4, 0.5) is 0 Å². The Kier molecular flexibility index (Phi) is 5.77. The van der Waals surface area contributed by atoms with Crippen molar-refractivity contribution in [3.05, 3.63) is 36.0 Å². The Labute approximate surface area is 106 Å². The number of allylic oxidation sites excluding steroid dienone is 3. The third kappa shape index (κ3) is 5.04. The molecule has 0 aromatic carbocycles. The fraction of sp³-hybridized carbons (Fsp3) is 0.385. The van der Waals surface area contributed by atoms with Crippen molar-refractivity contribution in [3.63, 3.8) is 0 Å². The molecule has 0 bridgehead atoms. The van der Waals surface area contributed by atoms with E-state index in [4.69, 9.17) is 0 Å². The van der Waals surface area contributed by atoms with Crippen molar-refractivity contribution >= 4 is 22.8 Å². The summed E-state index contributed by atoms with van der Waals surface area (Å²) in [5.74, 6) is 0.429. The van der Waals surface area contributed by atoms with Gasteiger partial charge in [-0.3, -0.25) is 9.59 Å². The van der Waals surface area contributed by atoms with Crippen molar-refractivity contribution in [1.29, 1.82) is 0 Å². The predicted molar refractivity (Wildman–Crippen MR) is 71.7 cm³/mol. The lowest BCUT2D eigenvalue weighted by Gasteiger charge is -2.06. The van der Waals surface area contributed by atoms with Crippen molar-refractivity contribution < 1.29 is 9.59 Å². The smallest absolute Gasteiger partial charge is 0.246 e. The molecule has 3 nitrogen and oxygen atoms in total. The molecular formula is C13H17NO2S. The summed E-state index contributed by atoms with van der Waals surface area (Å²) < 4.78 is 0. The number of thioether (sulfide) groups is 1. The summed E-state index contributed by atoms with van der Waals surface area (Å²) in [6.07, 6.45) is 7.78. The molecule has 0 aromatic rings. The van der Waals surface area contributed by atoms with Gasteiger partial charge in [0, 0.05) is 23.4 Å². The zero-order valence-electron chi connectivity index (χ0n) is 9.99. The predicted octanol–water partition coefficient (Wildman–Crippen LogP) is 2.21. The van der Waals surface area contributed by atoms with Gasteiger partial charge in [-0.2, -0.15) is 0 Å². The highest BCUT2D eigenvalue weighted by atomic mass is 32.2. The first kappa shape index (κ1) is 13.8. The van der Waals surface area contributed by atoms with Gasteiger partial charge in [0.05, 0.1) is 0 Å². The Morgan fingerprint density at radius 2 is 2.24 bits per heavy atom. The Morgan fingerprint density at radius 3 is 2.82 bits per heavy atom. The second kappa shape index (κ2) is 7.12. The van der Waals surface area contributed by atoms with Crippen molar-refractivity contribution in [2.75, 3.05) is 12.3 Å². The Bertz CT molecular complexity index is 383. The molecule has 92 valence electrons. The van der Waals surface area contributed by atoms with Crippen LogP contribution in [0, 0.1) is 0 Å². The maximum Gasteiger partial charge on any atom is 0.246 e. The first-order valence-corrected chi connectivity index (χ1v) is 6.57. The zero-order chi connectivity index (χ0) is 12.7. The molecule has 0 heterocycles. The van der Waals surface area contributed by atoms with Crippen molar-refractivity contribution in [2.45, 2.75) is 19.8 Å². The van der Waals surface area contributed by atoms with Crippen LogP contribution in [0.1, 0.15) is 19.8 Å². The lowest BCUT2D eigenvalue weighted by Crippen LogP contribution is -2.26. The summed E-state index contributed by atoms with van der Waals surface area (Å²) in [6.45, 7) is 5.68. The molecule has 0 fully saturated rings. The first-order valence-electron chi connectivity index (χ1n) is 5.59. The highest BCUT2D eigenvalue weighted by Crippen LogP contribution is 2.16. The lowest BCUT2D eigenvalue weighted by atomic mass is 10.1. The molecule has 1 aliphatic rings. The van der Waals surface area contributed by atoms with Crippen LogP contribution in [0.2, 0.25) is 0 Å². The van der Waals surface area contributed by atoms with Crippen LogP contribution in [-0.2, 0) is 9.59 Å². The number of hydrogen-bond acceptors (Lipinski definition) is 3. The van der Waals surface area contributed by atoms with E-state index in [-0.39, 0.29) is 11.0 Å².